The second-order valence-corrected chi connectivity index (χ2v) is 6.24. The van der Waals surface area contributed by atoms with Crippen LogP contribution >= 0.6 is 15.9 Å². The minimum atomic E-state index is -3.06. The van der Waals surface area contributed by atoms with Crippen molar-refractivity contribution >= 4 is 31.3 Å². The van der Waals surface area contributed by atoms with E-state index in [9.17, 15) is 8.42 Å². The van der Waals surface area contributed by atoms with Crippen molar-refractivity contribution in [1.29, 1.82) is 0 Å². The summed E-state index contributed by atoms with van der Waals surface area (Å²) in [5, 5.41) is 0. The van der Waals surface area contributed by atoms with Gasteiger partial charge < -0.3 is 4.40 Å². The van der Waals surface area contributed by atoms with Crippen molar-refractivity contribution in [3.05, 3.63) is 34.8 Å². The number of nitrogens with zero attached hydrogens (tertiary/aromatic N) is 2. The van der Waals surface area contributed by atoms with E-state index < -0.39 is 9.84 Å². The minimum Gasteiger partial charge on any atom is -0.302 e. The summed E-state index contributed by atoms with van der Waals surface area (Å²) in [7, 11) is -3.06. The third kappa shape index (κ3) is 2.21. The van der Waals surface area contributed by atoms with Crippen molar-refractivity contribution in [2.45, 2.75) is 5.75 Å². The number of pyridine rings is 1. The summed E-state index contributed by atoms with van der Waals surface area (Å²) >= 11 is 3.30. The van der Waals surface area contributed by atoms with Gasteiger partial charge in [-0.15, -0.1) is 0 Å². The molecular formula is C9H9BrN2O2S. The van der Waals surface area contributed by atoms with Gasteiger partial charge in [0.2, 0.25) is 0 Å². The van der Waals surface area contributed by atoms with Crippen LogP contribution in [-0.2, 0) is 15.6 Å². The predicted octanol–water partition coefficient (Wildman–Crippen LogP) is 1.64. The summed E-state index contributed by atoms with van der Waals surface area (Å²) < 4.78 is 24.8. The first kappa shape index (κ1) is 10.6. The summed E-state index contributed by atoms with van der Waals surface area (Å²) in [6.07, 6.45) is 3.00. The first-order valence-corrected chi connectivity index (χ1v) is 7.12. The van der Waals surface area contributed by atoms with E-state index in [0.29, 0.717) is 10.4 Å². The Morgan fingerprint density at radius 1 is 1.47 bits per heavy atom. The molecule has 0 amide bonds. The standard InChI is InChI=1S/C9H9BrN2O2S/c1-15(13,14)6-8-11-9(10)7-4-2-3-5-12(7)8/h2-5H,6H2,1H3. The molecule has 0 radical (unpaired) electrons. The van der Waals surface area contributed by atoms with Crippen molar-refractivity contribution in [2.75, 3.05) is 6.26 Å². The van der Waals surface area contributed by atoms with Crippen LogP contribution in [0.4, 0.5) is 0 Å². The first-order valence-electron chi connectivity index (χ1n) is 4.26. The molecule has 0 saturated heterocycles. The highest BCUT2D eigenvalue weighted by Crippen LogP contribution is 2.19. The Morgan fingerprint density at radius 2 is 2.20 bits per heavy atom. The van der Waals surface area contributed by atoms with Gasteiger partial charge in [-0.25, -0.2) is 13.4 Å². The minimum absolute atomic E-state index is 0.0518. The molecule has 0 aliphatic heterocycles. The molecular weight excluding hydrogens is 280 g/mol. The Balaban J connectivity index is 2.62. The molecule has 0 aliphatic rings. The van der Waals surface area contributed by atoms with E-state index >= 15 is 0 Å². The molecule has 0 bridgehead atoms. The lowest BCUT2D eigenvalue weighted by atomic mass is 10.4. The fourth-order valence-electron chi connectivity index (χ4n) is 1.40. The zero-order valence-electron chi connectivity index (χ0n) is 8.01. The highest BCUT2D eigenvalue weighted by atomic mass is 79.9. The molecule has 2 heterocycles. The van der Waals surface area contributed by atoms with Gasteiger partial charge in [0.1, 0.15) is 16.2 Å². The van der Waals surface area contributed by atoms with E-state index in [2.05, 4.69) is 20.9 Å². The predicted molar refractivity (Wildman–Crippen MR) is 61.4 cm³/mol. The maximum atomic E-state index is 11.2. The monoisotopic (exact) mass is 288 g/mol. The van der Waals surface area contributed by atoms with Crippen LogP contribution < -0.4 is 0 Å². The van der Waals surface area contributed by atoms with Crippen LogP contribution in [0.3, 0.4) is 0 Å². The summed E-state index contributed by atoms with van der Waals surface area (Å²) in [5.74, 6) is 0.476. The molecule has 6 heteroatoms. The van der Waals surface area contributed by atoms with E-state index in [1.165, 1.54) is 6.26 Å². The van der Waals surface area contributed by atoms with E-state index in [-0.39, 0.29) is 5.75 Å². The molecule has 0 aromatic carbocycles. The number of sulfone groups is 1. The van der Waals surface area contributed by atoms with E-state index in [1.54, 1.807) is 10.6 Å². The molecule has 0 fully saturated rings. The molecule has 0 aliphatic carbocycles. The number of imidazole rings is 1. The molecule has 0 saturated carbocycles. The molecule has 2 rings (SSSR count). The van der Waals surface area contributed by atoms with Gasteiger partial charge in [-0.2, -0.15) is 0 Å². The Morgan fingerprint density at radius 3 is 2.87 bits per heavy atom. The average molecular weight is 289 g/mol. The molecule has 0 N–H and O–H groups in total. The molecule has 2 aromatic rings. The molecule has 4 nitrogen and oxygen atoms in total. The van der Waals surface area contributed by atoms with E-state index in [0.717, 1.165) is 5.52 Å². The van der Waals surface area contributed by atoms with Gasteiger partial charge in [-0.1, -0.05) is 6.07 Å². The van der Waals surface area contributed by atoms with Crippen LogP contribution in [0.2, 0.25) is 0 Å². The summed E-state index contributed by atoms with van der Waals surface area (Å²) in [4.78, 5) is 4.18. The Kier molecular flexibility index (Phi) is 2.56. The quantitative estimate of drug-likeness (QED) is 0.844. The Labute approximate surface area is 96.0 Å². The zero-order chi connectivity index (χ0) is 11.1. The van der Waals surface area contributed by atoms with Gasteiger partial charge in [0.05, 0.1) is 5.52 Å². The normalized spacial score (nSPS) is 12.1. The molecule has 0 atom stereocenters. The summed E-state index contributed by atoms with van der Waals surface area (Å²) in [6.45, 7) is 0. The molecule has 2 aromatic heterocycles. The third-order valence-electron chi connectivity index (χ3n) is 1.97. The molecule has 80 valence electrons. The topological polar surface area (TPSA) is 51.4 Å². The van der Waals surface area contributed by atoms with Gasteiger partial charge in [-0.05, 0) is 28.1 Å². The summed E-state index contributed by atoms with van der Waals surface area (Å²) in [6, 6.07) is 5.60. The second kappa shape index (κ2) is 3.61. The molecule has 0 spiro atoms. The maximum Gasteiger partial charge on any atom is 0.154 e. The smallest absolute Gasteiger partial charge is 0.154 e. The van der Waals surface area contributed by atoms with E-state index in [1.807, 2.05) is 18.2 Å². The lowest BCUT2D eigenvalue weighted by Gasteiger charge is -1.98. The molecule has 15 heavy (non-hydrogen) atoms. The number of aromatic nitrogens is 2. The van der Waals surface area contributed by atoms with Gasteiger partial charge in [0.25, 0.3) is 0 Å². The third-order valence-corrected chi connectivity index (χ3v) is 3.33. The van der Waals surface area contributed by atoms with E-state index in [4.69, 9.17) is 0 Å². The number of rotatable bonds is 2. The van der Waals surface area contributed by atoms with Gasteiger partial charge in [0, 0.05) is 12.5 Å². The van der Waals surface area contributed by atoms with Crippen molar-refractivity contribution in [2.24, 2.45) is 0 Å². The van der Waals surface area contributed by atoms with Crippen molar-refractivity contribution in [3.63, 3.8) is 0 Å². The number of halogens is 1. The van der Waals surface area contributed by atoms with Gasteiger partial charge in [0.15, 0.2) is 9.84 Å². The molecule has 0 unspecified atom stereocenters. The van der Waals surface area contributed by atoms with Crippen LogP contribution in [-0.4, -0.2) is 24.1 Å². The lowest BCUT2D eigenvalue weighted by Crippen LogP contribution is -2.04. The highest BCUT2D eigenvalue weighted by molar-refractivity contribution is 9.10. The Bertz CT molecular complexity index is 604. The second-order valence-electron chi connectivity index (χ2n) is 3.34. The van der Waals surface area contributed by atoms with Crippen LogP contribution in [0, 0.1) is 0 Å². The maximum absolute atomic E-state index is 11.2. The lowest BCUT2D eigenvalue weighted by molar-refractivity contribution is 0.599. The van der Waals surface area contributed by atoms with Crippen LogP contribution in [0.25, 0.3) is 5.52 Å². The first-order chi connectivity index (χ1) is 6.97. The average Bonchev–Trinajstić information content (AvgIpc) is 2.42. The number of hydrogen-bond donors (Lipinski definition) is 0. The largest absolute Gasteiger partial charge is 0.302 e. The van der Waals surface area contributed by atoms with Crippen LogP contribution in [0.15, 0.2) is 29.0 Å². The fourth-order valence-corrected chi connectivity index (χ4v) is 2.60. The SMILES string of the molecule is CS(=O)(=O)Cc1nc(Br)c2ccccn12. The van der Waals surface area contributed by atoms with Gasteiger partial charge >= 0.3 is 0 Å². The van der Waals surface area contributed by atoms with Crippen LogP contribution in [0.5, 0.6) is 0 Å². The highest BCUT2D eigenvalue weighted by Gasteiger charge is 2.12. The van der Waals surface area contributed by atoms with Gasteiger partial charge in [-0.3, -0.25) is 0 Å². The van der Waals surface area contributed by atoms with Crippen LogP contribution in [0.1, 0.15) is 5.82 Å². The van der Waals surface area contributed by atoms with Crippen molar-refractivity contribution in [3.8, 4) is 0 Å². The van der Waals surface area contributed by atoms with Crippen molar-refractivity contribution < 1.29 is 8.42 Å². The summed E-state index contributed by atoms with van der Waals surface area (Å²) in [5.41, 5.74) is 0.871. The zero-order valence-corrected chi connectivity index (χ0v) is 10.4. The fraction of sp³-hybridized carbons (Fsp3) is 0.222. The number of fused-ring (bicyclic) bond motifs is 1. The Hall–Kier alpha value is -0.880. The van der Waals surface area contributed by atoms with Crippen molar-refractivity contribution in [1.82, 2.24) is 9.38 Å². The number of hydrogen-bond acceptors (Lipinski definition) is 3.